The summed E-state index contributed by atoms with van der Waals surface area (Å²) < 4.78 is 0. The molecule has 1 aromatic rings. The number of hydrogen-bond donors (Lipinski definition) is 0. The predicted octanol–water partition coefficient (Wildman–Crippen LogP) is 3.67. The molecule has 0 radical (unpaired) electrons. The maximum atomic E-state index is 12.6. The number of fused-ring (bicyclic) bond motifs is 3. The summed E-state index contributed by atoms with van der Waals surface area (Å²) >= 11 is 1.78. The molecule has 0 fully saturated rings. The topological polar surface area (TPSA) is 20.3 Å². The van der Waals surface area contributed by atoms with E-state index in [-0.39, 0.29) is 5.91 Å². The van der Waals surface area contributed by atoms with Crippen molar-refractivity contribution in [3.05, 3.63) is 20.9 Å². The van der Waals surface area contributed by atoms with E-state index in [0.717, 1.165) is 37.1 Å². The van der Waals surface area contributed by atoms with Crippen LogP contribution in [0.1, 0.15) is 59.8 Å². The highest BCUT2D eigenvalue weighted by molar-refractivity contribution is 7.14. The summed E-state index contributed by atoms with van der Waals surface area (Å²) in [6.45, 7) is 9.90. The zero-order chi connectivity index (χ0) is 13.8. The lowest BCUT2D eigenvalue weighted by Gasteiger charge is -2.32. The molecule has 2 heterocycles. The van der Waals surface area contributed by atoms with Gasteiger partial charge in [0.15, 0.2) is 0 Å². The molecule has 3 rings (SSSR count). The Hall–Kier alpha value is -0.830. The number of hydrogen-bond acceptors (Lipinski definition) is 2. The zero-order valence-electron chi connectivity index (χ0n) is 12.4. The van der Waals surface area contributed by atoms with Crippen molar-refractivity contribution in [1.29, 1.82) is 0 Å². The van der Waals surface area contributed by atoms with E-state index in [9.17, 15) is 4.79 Å². The Bertz CT molecular complexity index is 529. The van der Waals surface area contributed by atoms with E-state index < -0.39 is 0 Å². The van der Waals surface area contributed by atoms with Crippen LogP contribution >= 0.6 is 11.3 Å². The summed E-state index contributed by atoms with van der Waals surface area (Å²) in [5.74, 6) is 0.285. The average Bonchev–Trinajstić information content (AvgIpc) is 2.82. The minimum absolute atomic E-state index is 0.285. The Kier molecular flexibility index (Phi) is 3.01. The fraction of sp³-hybridized carbons (Fsp3) is 0.688. The van der Waals surface area contributed by atoms with Crippen LogP contribution in [0.4, 0.5) is 0 Å². The fourth-order valence-corrected chi connectivity index (χ4v) is 5.00. The Morgan fingerprint density at radius 3 is 2.74 bits per heavy atom. The third-order valence-corrected chi connectivity index (χ3v) is 5.94. The molecule has 0 N–H and O–H groups in total. The molecule has 0 bridgehead atoms. The van der Waals surface area contributed by atoms with Gasteiger partial charge < -0.3 is 4.90 Å². The highest BCUT2D eigenvalue weighted by Crippen LogP contribution is 2.45. The molecule has 19 heavy (non-hydrogen) atoms. The molecule has 1 aromatic heterocycles. The van der Waals surface area contributed by atoms with Crippen molar-refractivity contribution < 1.29 is 4.79 Å². The Labute approximate surface area is 119 Å². The van der Waals surface area contributed by atoms with Gasteiger partial charge in [0.1, 0.15) is 0 Å². The summed E-state index contributed by atoms with van der Waals surface area (Å²) in [5, 5.41) is 0. The van der Waals surface area contributed by atoms with Gasteiger partial charge in [-0.25, -0.2) is 0 Å². The van der Waals surface area contributed by atoms with Crippen molar-refractivity contribution in [2.24, 2.45) is 5.41 Å². The minimum atomic E-state index is 0.285. The van der Waals surface area contributed by atoms with Crippen molar-refractivity contribution in [3.8, 4) is 0 Å². The molecular weight excluding hydrogens is 254 g/mol. The molecule has 1 atom stereocenters. The Morgan fingerprint density at radius 2 is 2.05 bits per heavy atom. The lowest BCUT2D eigenvalue weighted by atomic mass is 9.89. The largest absolute Gasteiger partial charge is 0.335 e. The number of rotatable bonds is 2. The van der Waals surface area contributed by atoms with Gasteiger partial charge in [-0.15, -0.1) is 11.3 Å². The van der Waals surface area contributed by atoms with Crippen molar-refractivity contribution in [1.82, 2.24) is 4.90 Å². The van der Waals surface area contributed by atoms with E-state index in [2.05, 4.69) is 32.6 Å². The summed E-state index contributed by atoms with van der Waals surface area (Å²) in [6.07, 6.45) is 4.41. The Balaban J connectivity index is 1.94. The molecule has 0 saturated heterocycles. The molecule has 0 spiro atoms. The lowest BCUT2D eigenvalue weighted by Crippen LogP contribution is -2.42. The van der Waals surface area contributed by atoms with Crippen molar-refractivity contribution in [2.75, 3.05) is 6.54 Å². The molecular formula is C16H23NOS. The lowest BCUT2D eigenvalue weighted by molar-refractivity contribution is 0.0676. The molecule has 0 aromatic carbocycles. The molecule has 0 saturated carbocycles. The van der Waals surface area contributed by atoms with E-state index in [1.807, 2.05) is 0 Å². The minimum Gasteiger partial charge on any atom is -0.335 e. The molecule has 3 heteroatoms. The first-order valence-electron chi connectivity index (χ1n) is 7.37. The van der Waals surface area contributed by atoms with Crippen LogP contribution in [0.15, 0.2) is 0 Å². The van der Waals surface area contributed by atoms with Gasteiger partial charge in [0, 0.05) is 17.5 Å². The molecule has 1 amide bonds. The number of carbonyl (C=O) groups is 1. The van der Waals surface area contributed by atoms with Gasteiger partial charge in [0.25, 0.3) is 5.91 Å². The number of amides is 1. The van der Waals surface area contributed by atoms with E-state index in [1.165, 1.54) is 16.0 Å². The van der Waals surface area contributed by atoms with E-state index in [0.29, 0.717) is 11.5 Å². The van der Waals surface area contributed by atoms with Gasteiger partial charge in [-0.05, 0) is 49.1 Å². The third-order valence-electron chi connectivity index (χ3n) is 4.68. The third kappa shape index (κ3) is 2.03. The summed E-state index contributed by atoms with van der Waals surface area (Å²) in [4.78, 5) is 17.2. The second-order valence-electron chi connectivity index (χ2n) is 6.84. The highest BCUT2D eigenvalue weighted by atomic mass is 32.1. The molecule has 1 unspecified atom stereocenters. The van der Waals surface area contributed by atoms with Crippen molar-refractivity contribution in [2.45, 2.75) is 59.4 Å². The van der Waals surface area contributed by atoms with Gasteiger partial charge in [-0.1, -0.05) is 20.8 Å². The SMILES string of the molecule is CCC(C)N1CCc2c(sc3c2CC(C)(C)C3)C1=O. The first-order chi connectivity index (χ1) is 8.93. The normalized spacial score (nSPS) is 22.3. The van der Waals surface area contributed by atoms with E-state index in [4.69, 9.17) is 0 Å². The maximum Gasteiger partial charge on any atom is 0.264 e. The number of thiophene rings is 1. The van der Waals surface area contributed by atoms with Gasteiger partial charge in [-0.3, -0.25) is 4.79 Å². The second-order valence-corrected chi connectivity index (χ2v) is 7.94. The van der Waals surface area contributed by atoms with Crippen molar-refractivity contribution in [3.63, 3.8) is 0 Å². The first kappa shape index (κ1) is 13.2. The smallest absolute Gasteiger partial charge is 0.264 e. The second kappa shape index (κ2) is 4.34. The van der Waals surface area contributed by atoms with Crippen LogP contribution in [0.5, 0.6) is 0 Å². The fourth-order valence-electron chi connectivity index (χ4n) is 3.42. The van der Waals surface area contributed by atoms with Crippen LogP contribution in [0.25, 0.3) is 0 Å². The summed E-state index contributed by atoms with van der Waals surface area (Å²) in [5.41, 5.74) is 3.30. The number of nitrogens with zero attached hydrogens (tertiary/aromatic N) is 1. The molecule has 104 valence electrons. The van der Waals surface area contributed by atoms with E-state index >= 15 is 0 Å². The van der Waals surface area contributed by atoms with Crippen LogP contribution in [-0.2, 0) is 19.3 Å². The molecule has 1 aliphatic carbocycles. The van der Waals surface area contributed by atoms with E-state index in [1.54, 1.807) is 11.3 Å². The predicted molar refractivity (Wildman–Crippen MR) is 80.0 cm³/mol. The summed E-state index contributed by atoms with van der Waals surface area (Å²) in [6, 6.07) is 0.369. The van der Waals surface area contributed by atoms with Gasteiger partial charge >= 0.3 is 0 Å². The standard InChI is InChI=1S/C16H23NOS/c1-5-10(2)17-7-6-11-12-8-16(3,4)9-13(12)19-14(11)15(17)18/h10H,5-9H2,1-4H3. The quantitative estimate of drug-likeness (QED) is 0.807. The van der Waals surface area contributed by atoms with Gasteiger partial charge in [-0.2, -0.15) is 0 Å². The van der Waals surface area contributed by atoms with Crippen LogP contribution in [0.3, 0.4) is 0 Å². The van der Waals surface area contributed by atoms with Crippen LogP contribution < -0.4 is 0 Å². The molecule has 2 aliphatic rings. The maximum absolute atomic E-state index is 12.6. The van der Waals surface area contributed by atoms with Crippen LogP contribution in [-0.4, -0.2) is 23.4 Å². The van der Waals surface area contributed by atoms with Gasteiger partial charge in [0.05, 0.1) is 4.88 Å². The van der Waals surface area contributed by atoms with Crippen molar-refractivity contribution >= 4 is 17.2 Å². The van der Waals surface area contributed by atoms with Crippen LogP contribution in [0, 0.1) is 5.41 Å². The zero-order valence-corrected chi connectivity index (χ0v) is 13.2. The number of carbonyl (C=O) groups excluding carboxylic acids is 1. The average molecular weight is 277 g/mol. The molecule has 2 nitrogen and oxygen atoms in total. The first-order valence-corrected chi connectivity index (χ1v) is 8.19. The highest BCUT2D eigenvalue weighted by Gasteiger charge is 2.38. The van der Waals surface area contributed by atoms with Crippen LogP contribution in [0.2, 0.25) is 0 Å². The Morgan fingerprint density at radius 1 is 1.32 bits per heavy atom. The van der Waals surface area contributed by atoms with Gasteiger partial charge in [0.2, 0.25) is 0 Å². The summed E-state index contributed by atoms with van der Waals surface area (Å²) in [7, 11) is 0. The monoisotopic (exact) mass is 277 g/mol. The molecule has 1 aliphatic heterocycles.